The number of anilines is 2. The molecule has 3 unspecified atom stereocenters. The number of carbonyl (C=O) groups excluding carboxylic acids is 1. The number of fused-ring (bicyclic) bond motifs is 3. The molecule has 8 nitrogen and oxygen atoms in total. The number of amides is 1. The van der Waals surface area contributed by atoms with Crippen LogP contribution in [0.1, 0.15) is 39.6 Å². The number of allylic oxidation sites excluding steroid dienone is 4. The van der Waals surface area contributed by atoms with Crippen molar-refractivity contribution in [2.75, 3.05) is 25.5 Å². The standard InChI is InChI=1S/C29H28ClN7O/c1-31-22-11-13-37(17-22)28(38)18-5-8-21(9-6-18)35-29-34-16-19-15-33-27(25-4-2-3-12-32-25)24-14-20(30)7-10-23(24)26(19)36-29/h2-10,12,14,16,22-24,31H,11,13,15,17H2,1H3,(H,34,35,36). The number of nitrogens with zero attached hydrogens (tertiary/aromatic N) is 5. The number of hydrogen-bond acceptors (Lipinski definition) is 7. The molecule has 2 aliphatic heterocycles. The van der Waals surface area contributed by atoms with Crippen molar-refractivity contribution >= 4 is 34.9 Å². The molecule has 2 N–H and O–H groups in total. The van der Waals surface area contributed by atoms with Gasteiger partial charge in [-0.3, -0.25) is 14.8 Å². The van der Waals surface area contributed by atoms with Gasteiger partial charge in [-0.2, -0.15) is 0 Å². The summed E-state index contributed by atoms with van der Waals surface area (Å²) >= 11 is 6.42. The fourth-order valence-corrected chi connectivity index (χ4v) is 5.49. The van der Waals surface area contributed by atoms with E-state index in [9.17, 15) is 4.79 Å². The van der Waals surface area contributed by atoms with Gasteiger partial charge in [0, 0.05) is 65.2 Å². The third-order valence-electron chi connectivity index (χ3n) is 7.34. The van der Waals surface area contributed by atoms with Crippen LogP contribution in [-0.4, -0.2) is 57.6 Å². The quantitative estimate of drug-likeness (QED) is 0.511. The molecule has 1 amide bonds. The van der Waals surface area contributed by atoms with Gasteiger partial charge >= 0.3 is 0 Å². The van der Waals surface area contributed by atoms with Gasteiger partial charge < -0.3 is 15.5 Å². The van der Waals surface area contributed by atoms with Crippen LogP contribution in [0.4, 0.5) is 11.6 Å². The van der Waals surface area contributed by atoms with E-state index in [-0.39, 0.29) is 17.7 Å². The van der Waals surface area contributed by atoms with Crippen molar-refractivity contribution in [3.05, 3.63) is 101 Å². The number of halogens is 1. The van der Waals surface area contributed by atoms with Crippen molar-refractivity contribution in [1.29, 1.82) is 0 Å². The normalized spacial score (nSPS) is 22.2. The number of nitrogens with one attached hydrogen (secondary N) is 2. The van der Waals surface area contributed by atoms with Crippen molar-refractivity contribution in [2.45, 2.75) is 24.9 Å². The van der Waals surface area contributed by atoms with E-state index < -0.39 is 0 Å². The van der Waals surface area contributed by atoms with Crippen molar-refractivity contribution in [2.24, 2.45) is 10.9 Å². The fraction of sp³-hybridized carbons (Fsp3) is 0.276. The predicted molar refractivity (Wildman–Crippen MR) is 149 cm³/mol. The van der Waals surface area contributed by atoms with E-state index in [0.717, 1.165) is 47.9 Å². The van der Waals surface area contributed by atoms with E-state index in [2.05, 4.69) is 26.7 Å². The fourth-order valence-electron chi connectivity index (χ4n) is 5.28. The van der Waals surface area contributed by atoms with Gasteiger partial charge in [-0.15, -0.1) is 0 Å². The Balaban J connectivity index is 1.23. The third-order valence-corrected chi connectivity index (χ3v) is 7.59. The number of hydrogen-bond donors (Lipinski definition) is 2. The first kappa shape index (κ1) is 24.5. The second-order valence-electron chi connectivity index (χ2n) is 9.71. The molecule has 4 heterocycles. The summed E-state index contributed by atoms with van der Waals surface area (Å²) in [6.45, 7) is 1.98. The summed E-state index contributed by atoms with van der Waals surface area (Å²) in [7, 11) is 1.94. The topological polar surface area (TPSA) is 95.4 Å². The number of carbonyl (C=O) groups is 1. The van der Waals surface area contributed by atoms with E-state index in [1.165, 1.54) is 0 Å². The Morgan fingerprint density at radius 3 is 2.74 bits per heavy atom. The molecule has 0 spiro atoms. The Labute approximate surface area is 226 Å². The highest BCUT2D eigenvalue weighted by atomic mass is 35.5. The number of likely N-dealkylation sites (N-methyl/N-ethyl adjacent to an activating group) is 1. The average molecular weight is 526 g/mol. The highest BCUT2D eigenvalue weighted by molar-refractivity contribution is 6.31. The Kier molecular flexibility index (Phi) is 6.74. The summed E-state index contributed by atoms with van der Waals surface area (Å²) in [6, 6.07) is 13.7. The SMILES string of the molecule is CNC1CCN(C(=O)c2ccc(Nc3ncc4c(n3)C3C=CC(Cl)=CC3C(c3ccccn3)=NC4)cc2)C1. The minimum atomic E-state index is -0.0789. The van der Waals surface area contributed by atoms with Crippen LogP contribution in [0.5, 0.6) is 0 Å². The minimum Gasteiger partial charge on any atom is -0.337 e. The van der Waals surface area contributed by atoms with Crippen molar-refractivity contribution in [1.82, 2.24) is 25.2 Å². The lowest BCUT2D eigenvalue weighted by Crippen LogP contribution is -2.33. The van der Waals surface area contributed by atoms with Crippen LogP contribution in [0.3, 0.4) is 0 Å². The molecule has 192 valence electrons. The van der Waals surface area contributed by atoms with E-state index in [1.807, 2.05) is 72.8 Å². The zero-order valence-corrected chi connectivity index (χ0v) is 21.8. The maximum Gasteiger partial charge on any atom is 0.253 e. The molecule has 1 aliphatic carbocycles. The summed E-state index contributed by atoms with van der Waals surface area (Å²) in [4.78, 5) is 33.7. The summed E-state index contributed by atoms with van der Waals surface area (Å²) in [5.74, 6) is 0.431. The molecular weight excluding hydrogens is 498 g/mol. The molecule has 1 aromatic carbocycles. The summed E-state index contributed by atoms with van der Waals surface area (Å²) < 4.78 is 0. The molecule has 0 saturated carbocycles. The van der Waals surface area contributed by atoms with Crippen LogP contribution in [-0.2, 0) is 6.54 Å². The molecule has 38 heavy (non-hydrogen) atoms. The van der Waals surface area contributed by atoms with E-state index in [4.69, 9.17) is 21.6 Å². The lowest BCUT2D eigenvalue weighted by Gasteiger charge is -2.25. The van der Waals surface area contributed by atoms with Crippen molar-refractivity contribution in [3.63, 3.8) is 0 Å². The molecular formula is C29H28ClN7O. The molecule has 1 fully saturated rings. The summed E-state index contributed by atoms with van der Waals surface area (Å²) in [5.41, 5.74) is 5.10. The Bertz CT molecular complexity index is 1440. The zero-order valence-electron chi connectivity index (χ0n) is 21.0. The van der Waals surface area contributed by atoms with Crippen LogP contribution in [0.15, 0.2) is 83.1 Å². The molecule has 3 aliphatic rings. The third kappa shape index (κ3) is 4.85. The van der Waals surface area contributed by atoms with Gasteiger partial charge in [-0.25, -0.2) is 9.97 Å². The molecule has 3 atom stereocenters. The molecule has 6 rings (SSSR count). The monoisotopic (exact) mass is 525 g/mol. The number of rotatable bonds is 5. The Hall–Kier alpha value is -3.88. The molecule has 1 saturated heterocycles. The lowest BCUT2D eigenvalue weighted by atomic mass is 9.81. The number of likely N-dealkylation sites (tertiary alicyclic amines) is 1. The Morgan fingerprint density at radius 2 is 1.97 bits per heavy atom. The van der Waals surface area contributed by atoms with Crippen molar-refractivity contribution in [3.8, 4) is 0 Å². The van der Waals surface area contributed by atoms with Gasteiger partial charge in [0.05, 0.1) is 23.6 Å². The van der Waals surface area contributed by atoms with E-state index in [1.54, 1.807) is 6.20 Å². The van der Waals surface area contributed by atoms with Gasteiger partial charge in [0.1, 0.15) is 0 Å². The van der Waals surface area contributed by atoms with E-state index in [0.29, 0.717) is 29.1 Å². The Morgan fingerprint density at radius 1 is 1.11 bits per heavy atom. The second-order valence-corrected chi connectivity index (χ2v) is 10.1. The molecule has 3 aromatic rings. The maximum atomic E-state index is 12.9. The van der Waals surface area contributed by atoms with Crippen LogP contribution >= 0.6 is 11.6 Å². The summed E-state index contributed by atoms with van der Waals surface area (Å²) in [6.07, 6.45) is 10.6. The maximum absolute atomic E-state index is 12.9. The largest absolute Gasteiger partial charge is 0.337 e. The lowest BCUT2D eigenvalue weighted by molar-refractivity contribution is 0.0789. The van der Waals surface area contributed by atoms with Gasteiger partial charge in [0.2, 0.25) is 5.95 Å². The highest BCUT2D eigenvalue weighted by Crippen LogP contribution is 2.38. The van der Waals surface area contributed by atoms with E-state index >= 15 is 0 Å². The number of aliphatic imine (C=N–C) groups is 1. The van der Waals surface area contributed by atoms with Gasteiger partial charge in [-0.1, -0.05) is 29.8 Å². The van der Waals surface area contributed by atoms with Crippen LogP contribution in [0.2, 0.25) is 0 Å². The average Bonchev–Trinajstić information content (AvgIpc) is 3.38. The predicted octanol–water partition coefficient (Wildman–Crippen LogP) is 4.44. The molecule has 9 heteroatoms. The smallest absolute Gasteiger partial charge is 0.253 e. The molecule has 0 bridgehead atoms. The van der Waals surface area contributed by atoms with Gasteiger partial charge in [-0.05, 0) is 55.9 Å². The zero-order chi connectivity index (χ0) is 26.1. The van der Waals surface area contributed by atoms with Gasteiger partial charge in [0.25, 0.3) is 5.91 Å². The first-order valence-corrected chi connectivity index (χ1v) is 13.2. The molecule has 2 aromatic heterocycles. The highest BCUT2D eigenvalue weighted by Gasteiger charge is 2.33. The minimum absolute atomic E-state index is 0.0406. The molecule has 0 radical (unpaired) electrons. The number of aromatic nitrogens is 3. The number of pyridine rings is 1. The van der Waals surface area contributed by atoms with Gasteiger partial charge in [0.15, 0.2) is 0 Å². The van der Waals surface area contributed by atoms with Crippen LogP contribution < -0.4 is 10.6 Å². The number of benzene rings is 1. The first-order valence-electron chi connectivity index (χ1n) is 12.8. The van der Waals surface area contributed by atoms with Crippen LogP contribution in [0.25, 0.3) is 0 Å². The second kappa shape index (κ2) is 10.5. The summed E-state index contributed by atoms with van der Waals surface area (Å²) in [5, 5.41) is 7.23. The van der Waals surface area contributed by atoms with Crippen molar-refractivity contribution < 1.29 is 4.79 Å². The first-order chi connectivity index (χ1) is 18.6. The van der Waals surface area contributed by atoms with Crippen LogP contribution in [0, 0.1) is 5.92 Å².